The summed E-state index contributed by atoms with van der Waals surface area (Å²) in [5.41, 5.74) is 18.3. The van der Waals surface area contributed by atoms with Crippen molar-refractivity contribution in [3.05, 3.63) is 35.2 Å². The fraction of sp³-hybridized carbons (Fsp3) is 0. The molecule has 1 heterocycles. The number of thiazole rings is 1. The standard InChI is InChI=1S/C11H12N6S/c12-9(13)7-3-1-6(2-4-7)8-5-18-11(16-8)17-10(14)15/h1-5H,(H3,12,13)(H4,14,15,16,17). The lowest BCUT2D eigenvalue weighted by Crippen LogP contribution is -2.21. The number of benzene rings is 1. The third kappa shape index (κ3) is 2.64. The van der Waals surface area contributed by atoms with Gasteiger partial charge in [0, 0.05) is 16.5 Å². The molecule has 0 amide bonds. The zero-order valence-corrected chi connectivity index (χ0v) is 10.2. The summed E-state index contributed by atoms with van der Waals surface area (Å²) in [7, 11) is 0. The van der Waals surface area contributed by atoms with Crippen molar-refractivity contribution in [3.63, 3.8) is 0 Å². The number of rotatable bonds is 3. The molecule has 0 fully saturated rings. The second kappa shape index (κ2) is 4.84. The fourth-order valence-electron chi connectivity index (χ4n) is 1.38. The number of aliphatic imine (C=N–C) groups is 1. The van der Waals surface area contributed by atoms with Crippen molar-refractivity contribution < 1.29 is 0 Å². The summed E-state index contributed by atoms with van der Waals surface area (Å²) >= 11 is 1.36. The van der Waals surface area contributed by atoms with Crippen LogP contribution in [0.25, 0.3) is 11.3 Å². The van der Waals surface area contributed by atoms with Crippen LogP contribution in [0.4, 0.5) is 5.13 Å². The lowest BCUT2D eigenvalue weighted by molar-refractivity contribution is 1.32. The zero-order valence-electron chi connectivity index (χ0n) is 9.42. The van der Waals surface area contributed by atoms with E-state index in [4.69, 9.17) is 22.6 Å². The Balaban J connectivity index is 2.29. The van der Waals surface area contributed by atoms with Crippen LogP contribution in [0.2, 0.25) is 0 Å². The highest BCUT2D eigenvalue weighted by Gasteiger charge is 2.04. The van der Waals surface area contributed by atoms with Crippen LogP contribution in [0.15, 0.2) is 34.6 Å². The molecule has 0 aliphatic carbocycles. The maximum Gasteiger partial charge on any atom is 0.212 e. The Morgan fingerprint density at radius 3 is 2.39 bits per heavy atom. The highest BCUT2D eigenvalue weighted by molar-refractivity contribution is 7.13. The molecule has 0 spiro atoms. The number of hydrogen-bond donors (Lipinski definition) is 4. The Hall–Kier alpha value is -2.41. The molecule has 0 saturated heterocycles. The largest absolute Gasteiger partial charge is 0.384 e. The summed E-state index contributed by atoms with van der Waals surface area (Å²) in [5, 5.41) is 9.69. The van der Waals surface area contributed by atoms with Crippen LogP contribution in [-0.4, -0.2) is 16.8 Å². The van der Waals surface area contributed by atoms with Crippen LogP contribution in [0, 0.1) is 5.41 Å². The first kappa shape index (κ1) is 12.1. The molecule has 18 heavy (non-hydrogen) atoms. The van der Waals surface area contributed by atoms with E-state index in [0.29, 0.717) is 10.7 Å². The average Bonchev–Trinajstić information content (AvgIpc) is 2.76. The molecular formula is C11H12N6S. The minimum Gasteiger partial charge on any atom is -0.384 e. The molecule has 6 nitrogen and oxygen atoms in total. The van der Waals surface area contributed by atoms with E-state index in [2.05, 4.69) is 9.98 Å². The SMILES string of the molecule is N=C(N)c1ccc(-c2csc(N=C(N)N)n2)cc1. The van der Waals surface area contributed by atoms with Crippen molar-refractivity contribution in [2.45, 2.75) is 0 Å². The van der Waals surface area contributed by atoms with Gasteiger partial charge in [-0.15, -0.1) is 11.3 Å². The predicted octanol–water partition coefficient (Wildman–Crippen LogP) is 0.999. The number of nitrogen functional groups attached to an aromatic ring is 1. The number of nitrogens with one attached hydrogen (secondary N) is 1. The van der Waals surface area contributed by atoms with E-state index in [1.807, 2.05) is 17.5 Å². The summed E-state index contributed by atoms with van der Waals surface area (Å²) in [6, 6.07) is 7.25. The molecule has 92 valence electrons. The number of nitrogens with two attached hydrogens (primary N) is 3. The molecule has 0 unspecified atom stereocenters. The smallest absolute Gasteiger partial charge is 0.212 e. The Kier molecular flexibility index (Phi) is 3.24. The van der Waals surface area contributed by atoms with Crippen molar-refractivity contribution in [1.29, 1.82) is 5.41 Å². The third-order valence-corrected chi connectivity index (χ3v) is 2.94. The maximum absolute atomic E-state index is 7.31. The van der Waals surface area contributed by atoms with Gasteiger partial charge in [-0.05, 0) is 0 Å². The van der Waals surface area contributed by atoms with E-state index in [-0.39, 0.29) is 11.8 Å². The molecule has 0 aliphatic heterocycles. The van der Waals surface area contributed by atoms with E-state index in [1.165, 1.54) is 11.3 Å². The Morgan fingerprint density at radius 1 is 1.17 bits per heavy atom. The molecule has 0 aliphatic rings. The van der Waals surface area contributed by atoms with Crippen LogP contribution in [0.3, 0.4) is 0 Å². The Bertz CT molecular complexity index is 594. The Labute approximate surface area is 108 Å². The predicted molar refractivity (Wildman–Crippen MR) is 74.0 cm³/mol. The molecule has 0 atom stereocenters. The summed E-state index contributed by atoms with van der Waals surface area (Å²) in [6.45, 7) is 0. The van der Waals surface area contributed by atoms with Crippen molar-refractivity contribution in [2.75, 3.05) is 0 Å². The van der Waals surface area contributed by atoms with Gasteiger partial charge in [-0.25, -0.2) is 4.98 Å². The molecule has 0 radical (unpaired) electrons. The first-order chi connectivity index (χ1) is 8.56. The number of guanidine groups is 1. The maximum atomic E-state index is 7.31. The summed E-state index contributed by atoms with van der Waals surface area (Å²) in [5.74, 6) is 0.0313. The third-order valence-electron chi connectivity index (χ3n) is 2.21. The molecule has 1 aromatic heterocycles. The molecule has 7 N–H and O–H groups in total. The number of hydrogen-bond acceptors (Lipinski definition) is 4. The first-order valence-corrected chi connectivity index (χ1v) is 5.94. The monoisotopic (exact) mass is 260 g/mol. The summed E-state index contributed by atoms with van der Waals surface area (Å²) in [6.07, 6.45) is 0. The molecule has 7 heteroatoms. The average molecular weight is 260 g/mol. The van der Waals surface area contributed by atoms with E-state index in [0.717, 1.165) is 11.3 Å². The minimum atomic E-state index is -0.0113. The number of nitrogens with zero attached hydrogens (tertiary/aromatic N) is 2. The lowest BCUT2D eigenvalue weighted by atomic mass is 10.1. The summed E-state index contributed by atoms with van der Waals surface area (Å²) in [4.78, 5) is 8.16. The van der Waals surface area contributed by atoms with Gasteiger partial charge in [0.05, 0.1) is 5.69 Å². The van der Waals surface area contributed by atoms with Gasteiger partial charge in [0.25, 0.3) is 0 Å². The zero-order chi connectivity index (χ0) is 13.1. The van der Waals surface area contributed by atoms with Gasteiger partial charge in [-0.3, -0.25) is 5.41 Å². The minimum absolute atomic E-state index is 0.0113. The van der Waals surface area contributed by atoms with Crippen LogP contribution in [0.5, 0.6) is 0 Å². The van der Waals surface area contributed by atoms with E-state index in [1.54, 1.807) is 12.1 Å². The van der Waals surface area contributed by atoms with Gasteiger partial charge in [-0.2, -0.15) is 4.99 Å². The van der Waals surface area contributed by atoms with Gasteiger partial charge in [0.1, 0.15) is 5.84 Å². The van der Waals surface area contributed by atoms with Gasteiger partial charge in [0.2, 0.25) is 5.13 Å². The second-order valence-electron chi connectivity index (χ2n) is 3.54. The van der Waals surface area contributed by atoms with Crippen LogP contribution >= 0.6 is 11.3 Å². The fourth-order valence-corrected chi connectivity index (χ4v) is 2.09. The highest BCUT2D eigenvalue weighted by atomic mass is 32.1. The van der Waals surface area contributed by atoms with Gasteiger partial charge >= 0.3 is 0 Å². The van der Waals surface area contributed by atoms with Crippen LogP contribution in [0.1, 0.15) is 5.56 Å². The molecular weight excluding hydrogens is 248 g/mol. The van der Waals surface area contributed by atoms with Gasteiger partial charge in [-0.1, -0.05) is 24.3 Å². The summed E-state index contributed by atoms with van der Waals surface area (Å²) < 4.78 is 0. The van der Waals surface area contributed by atoms with E-state index in [9.17, 15) is 0 Å². The molecule has 0 bridgehead atoms. The number of amidine groups is 1. The lowest BCUT2D eigenvalue weighted by Gasteiger charge is -1.99. The molecule has 1 aromatic carbocycles. The van der Waals surface area contributed by atoms with Crippen molar-refractivity contribution in [2.24, 2.45) is 22.2 Å². The normalized spacial score (nSPS) is 10.0. The topological polar surface area (TPSA) is 127 Å². The van der Waals surface area contributed by atoms with Crippen LogP contribution < -0.4 is 17.2 Å². The number of aromatic nitrogens is 1. The van der Waals surface area contributed by atoms with Crippen molar-refractivity contribution >= 4 is 28.3 Å². The van der Waals surface area contributed by atoms with Crippen LogP contribution in [-0.2, 0) is 0 Å². The highest BCUT2D eigenvalue weighted by Crippen LogP contribution is 2.26. The van der Waals surface area contributed by atoms with Gasteiger partial charge < -0.3 is 17.2 Å². The van der Waals surface area contributed by atoms with Crippen molar-refractivity contribution in [3.8, 4) is 11.3 Å². The molecule has 2 rings (SSSR count). The Morgan fingerprint density at radius 2 is 1.83 bits per heavy atom. The molecule has 2 aromatic rings. The van der Waals surface area contributed by atoms with E-state index >= 15 is 0 Å². The first-order valence-electron chi connectivity index (χ1n) is 5.06. The molecule has 0 saturated carbocycles. The quantitative estimate of drug-likeness (QED) is 0.485. The van der Waals surface area contributed by atoms with Gasteiger partial charge in [0.15, 0.2) is 5.96 Å². The van der Waals surface area contributed by atoms with Crippen molar-refractivity contribution in [1.82, 2.24) is 4.98 Å². The second-order valence-corrected chi connectivity index (χ2v) is 4.38. The van der Waals surface area contributed by atoms with E-state index < -0.39 is 0 Å².